The molecule has 2 heterocycles. The minimum absolute atomic E-state index is 0.106. The Morgan fingerprint density at radius 3 is 1.41 bits per heavy atom. The molecule has 4 rings (SSSR count). The number of benzene rings is 2. The predicted molar refractivity (Wildman–Crippen MR) is 176 cm³/mol. The molecule has 1 aromatic heterocycles. The number of anilines is 2. The maximum absolute atomic E-state index is 4.81. The van der Waals surface area contributed by atoms with E-state index in [-0.39, 0.29) is 15.9 Å². The van der Waals surface area contributed by atoms with Gasteiger partial charge < -0.3 is 14.4 Å². The normalized spacial score (nSPS) is 12.9. The number of nitrogens with zero attached hydrogens (tertiary/aromatic N) is 4. The van der Waals surface area contributed by atoms with Crippen LogP contribution in [0.3, 0.4) is 0 Å². The fourth-order valence-electron chi connectivity index (χ4n) is 5.00. The van der Waals surface area contributed by atoms with E-state index in [4.69, 9.17) is 19.1 Å². The topological polar surface area (TPSA) is 24.3 Å². The summed E-state index contributed by atoms with van der Waals surface area (Å²) in [5, 5.41) is 0. The van der Waals surface area contributed by atoms with Crippen molar-refractivity contribution < 1.29 is 15.9 Å². The molecule has 1 aliphatic heterocycles. The van der Waals surface area contributed by atoms with Gasteiger partial charge >= 0.3 is 35.0 Å². The third-order valence-corrected chi connectivity index (χ3v) is 7.17. The molecule has 0 saturated carbocycles. The molecule has 41 heavy (non-hydrogen) atoms. The van der Waals surface area contributed by atoms with Gasteiger partial charge in [-0.15, -0.1) is 6.67 Å². The summed E-state index contributed by atoms with van der Waals surface area (Å²) in [6, 6.07) is 13.5. The molecule has 0 aliphatic carbocycles. The Hall–Kier alpha value is -1.77. The summed E-state index contributed by atoms with van der Waals surface area (Å²) in [5.74, 6) is 1.92. The van der Waals surface area contributed by atoms with E-state index in [0.29, 0.717) is 23.7 Å². The molecule has 0 saturated heterocycles. The van der Waals surface area contributed by atoms with Crippen molar-refractivity contribution in [3.05, 3.63) is 96.4 Å². The molecule has 0 fully saturated rings. The number of hydrogen-bond donors (Lipinski definition) is 0. The van der Waals surface area contributed by atoms with Crippen LogP contribution in [0, 0.1) is 6.67 Å². The van der Waals surface area contributed by atoms with Crippen molar-refractivity contribution in [1.82, 2.24) is 9.55 Å². The molecule has 0 radical (unpaired) electrons. The Morgan fingerprint density at radius 1 is 0.732 bits per heavy atom. The van der Waals surface area contributed by atoms with E-state index in [1.54, 1.807) is 0 Å². The van der Waals surface area contributed by atoms with Gasteiger partial charge in [-0.1, -0.05) is 105 Å². The molecule has 3 aromatic rings. The van der Waals surface area contributed by atoms with Crippen LogP contribution in [-0.4, -0.2) is 9.55 Å². The first-order valence-corrected chi connectivity index (χ1v) is 18.7. The minimum atomic E-state index is -0.106. The van der Waals surface area contributed by atoms with Crippen LogP contribution in [0.4, 0.5) is 11.4 Å². The van der Waals surface area contributed by atoms with E-state index in [9.17, 15) is 0 Å². The van der Waals surface area contributed by atoms with Crippen LogP contribution in [0.1, 0.15) is 121 Å². The summed E-state index contributed by atoms with van der Waals surface area (Å²) in [4.78, 5) is 8.59. The second-order valence-electron chi connectivity index (χ2n) is 11.6. The average molecular weight is 691 g/mol. The first-order valence-electron chi connectivity index (χ1n) is 14.7. The number of aromatic nitrogens is 2. The molecule has 2 aromatic carbocycles. The average Bonchev–Trinajstić information content (AvgIpc) is 3.64. The molecular weight excluding hydrogens is 642 g/mol. The number of hydrogen-bond acceptors (Lipinski definition) is 3. The summed E-state index contributed by atoms with van der Waals surface area (Å²) in [5.41, 5.74) is 8.29. The van der Waals surface area contributed by atoms with Crippen molar-refractivity contribution >= 4 is 30.4 Å². The summed E-state index contributed by atoms with van der Waals surface area (Å²) in [7, 11) is 9.63. The van der Waals surface area contributed by atoms with E-state index in [1.165, 1.54) is 46.5 Å². The SMILES string of the molecule is CC(C)c1cccc(C(C)C)c1N1C=CN(c2c(C(C)C)cccc2C(C)C)[CH-]1.CCCCn1ccnc1.[Cl][Pd][Cl]. The molecular formula is C34H49Cl2N4Pd-. The summed E-state index contributed by atoms with van der Waals surface area (Å²) >= 11 is -0.106. The van der Waals surface area contributed by atoms with Crippen LogP contribution in [0.15, 0.2) is 67.5 Å². The zero-order valence-electron chi connectivity index (χ0n) is 26.2. The molecule has 0 atom stereocenters. The van der Waals surface area contributed by atoms with Gasteiger partial charge in [0, 0.05) is 30.3 Å². The van der Waals surface area contributed by atoms with Crippen LogP contribution in [0.5, 0.6) is 0 Å². The molecule has 0 amide bonds. The third-order valence-electron chi connectivity index (χ3n) is 7.17. The van der Waals surface area contributed by atoms with Gasteiger partial charge in [0.2, 0.25) is 0 Å². The fourth-order valence-corrected chi connectivity index (χ4v) is 5.00. The van der Waals surface area contributed by atoms with Gasteiger partial charge in [-0.05, 0) is 64.7 Å². The number of aryl methyl sites for hydroxylation is 1. The van der Waals surface area contributed by atoms with Gasteiger partial charge in [-0.25, -0.2) is 4.98 Å². The molecule has 0 N–H and O–H groups in total. The van der Waals surface area contributed by atoms with E-state index in [2.05, 4.69) is 137 Å². The van der Waals surface area contributed by atoms with Gasteiger partial charge in [0.15, 0.2) is 0 Å². The van der Waals surface area contributed by atoms with Crippen LogP contribution < -0.4 is 9.80 Å². The van der Waals surface area contributed by atoms with Crippen LogP contribution in [0.25, 0.3) is 0 Å². The first-order chi connectivity index (χ1) is 19.6. The van der Waals surface area contributed by atoms with Gasteiger partial charge in [0.25, 0.3) is 0 Å². The zero-order valence-corrected chi connectivity index (χ0v) is 29.3. The molecule has 230 valence electrons. The maximum atomic E-state index is 4.81. The second kappa shape index (κ2) is 18.0. The number of para-hydroxylation sites is 2. The van der Waals surface area contributed by atoms with E-state index >= 15 is 0 Å². The van der Waals surface area contributed by atoms with E-state index < -0.39 is 0 Å². The number of rotatable bonds is 9. The van der Waals surface area contributed by atoms with E-state index in [0.717, 1.165) is 6.54 Å². The zero-order chi connectivity index (χ0) is 30.5. The second-order valence-corrected chi connectivity index (χ2v) is 14.0. The molecule has 4 nitrogen and oxygen atoms in total. The quantitative estimate of drug-likeness (QED) is 0.165. The first kappa shape index (κ1) is 35.4. The van der Waals surface area contributed by atoms with Gasteiger partial charge in [0.05, 0.1) is 6.33 Å². The van der Waals surface area contributed by atoms with Gasteiger partial charge in [0.1, 0.15) is 0 Å². The van der Waals surface area contributed by atoms with E-state index in [1.807, 2.05) is 18.7 Å². The predicted octanol–water partition coefficient (Wildman–Crippen LogP) is 11.2. The Morgan fingerprint density at radius 2 is 1.12 bits per heavy atom. The Kier molecular flexibility index (Phi) is 15.6. The van der Waals surface area contributed by atoms with Crippen molar-refractivity contribution in [2.45, 2.75) is 105 Å². The summed E-state index contributed by atoms with van der Waals surface area (Å²) in [6.07, 6.45) is 12.6. The molecule has 0 bridgehead atoms. The number of unbranched alkanes of at least 4 members (excludes halogenated alkanes) is 1. The third kappa shape index (κ3) is 10.2. The number of imidazole rings is 1. The Labute approximate surface area is 266 Å². The molecule has 1 aliphatic rings. The molecule has 0 spiro atoms. The van der Waals surface area contributed by atoms with Crippen LogP contribution >= 0.6 is 19.1 Å². The van der Waals surface area contributed by atoms with Crippen molar-refractivity contribution in [1.29, 1.82) is 0 Å². The Bertz CT molecular complexity index is 1070. The van der Waals surface area contributed by atoms with Crippen LogP contribution in [0.2, 0.25) is 0 Å². The fraction of sp³-hybridized carbons (Fsp3) is 0.471. The van der Waals surface area contributed by atoms with Gasteiger partial charge in [-0.2, -0.15) is 0 Å². The van der Waals surface area contributed by atoms with Crippen molar-refractivity contribution in [3.8, 4) is 0 Å². The van der Waals surface area contributed by atoms with Crippen molar-refractivity contribution in [2.75, 3.05) is 9.80 Å². The van der Waals surface area contributed by atoms with Crippen LogP contribution in [-0.2, 0) is 22.5 Å². The summed E-state index contributed by atoms with van der Waals surface area (Å²) < 4.78 is 2.10. The van der Waals surface area contributed by atoms with Crippen molar-refractivity contribution in [2.24, 2.45) is 0 Å². The molecule has 0 unspecified atom stereocenters. The summed E-state index contributed by atoms with van der Waals surface area (Å²) in [6.45, 7) is 23.8. The van der Waals surface area contributed by atoms with Crippen molar-refractivity contribution in [3.63, 3.8) is 0 Å². The van der Waals surface area contributed by atoms with Gasteiger partial charge in [-0.3, -0.25) is 0 Å². The monoisotopic (exact) mass is 689 g/mol. The molecule has 7 heteroatoms. The Balaban J connectivity index is 0.000000408. The standard InChI is InChI=1S/C27H37N2.C7H12N2.2ClH.Pd/c1-18(2)22-11-9-12-23(19(3)4)26(22)28-15-16-29(17-28)27-24(20(5)6)13-10-14-25(27)21(7)8;1-2-3-5-9-6-4-8-7-9;;;/h9-21H,1-8H3;4,6-7H,2-3,5H2,1H3;2*1H;/q-1;;;;+2/p-2. The number of halogens is 2.